The zero-order valence-corrected chi connectivity index (χ0v) is 12.9. The molecule has 0 aliphatic carbocycles. The van der Waals surface area contributed by atoms with Crippen molar-refractivity contribution in [1.82, 2.24) is 15.0 Å². The number of carbonyl (C=O) groups is 1. The average molecular weight is 329 g/mol. The normalized spacial score (nSPS) is 10.7. The molecule has 6 N–H and O–H groups in total. The molecule has 3 aromatic rings. The van der Waals surface area contributed by atoms with Crippen molar-refractivity contribution in [2.45, 2.75) is 0 Å². The Labute approximate surface area is 136 Å². The van der Waals surface area contributed by atoms with E-state index in [0.29, 0.717) is 24.9 Å². The van der Waals surface area contributed by atoms with Crippen LogP contribution in [0.25, 0.3) is 10.2 Å². The predicted molar refractivity (Wildman–Crippen MR) is 91.0 cm³/mol. The molecule has 3 rings (SSSR count). The highest BCUT2D eigenvalue weighted by Gasteiger charge is 2.12. The monoisotopic (exact) mass is 329 g/mol. The number of aromatic nitrogens is 3. The first-order valence-electron chi connectivity index (χ1n) is 6.88. The van der Waals surface area contributed by atoms with Gasteiger partial charge >= 0.3 is 0 Å². The Hall–Kier alpha value is -2.78. The van der Waals surface area contributed by atoms with Crippen LogP contribution in [0.5, 0.6) is 0 Å². The standard InChI is InChI=1S/C14H15N7OS/c15-3-4-17-14-18-6-9(12(16)22)13(21-14)20-8-1-2-11-10(5-8)19-7-23-11/h1-2,5-7H,3-4,15H2,(H2,16,22)(H2,17,18,20,21). The first-order chi connectivity index (χ1) is 11.2. The van der Waals surface area contributed by atoms with Gasteiger partial charge in [0.05, 0.1) is 15.7 Å². The van der Waals surface area contributed by atoms with E-state index >= 15 is 0 Å². The number of thiazole rings is 1. The molecule has 2 aromatic heterocycles. The maximum absolute atomic E-state index is 11.6. The Kier molecular flexibility index (Phi) is 4.31. The molecule has 0 bridgehead atoms. The van der Waals surface area contributed by atoms with Crippen LogP contribution in [0.4, 0.5) is 17.5 Å². The lowest BCUT2D eigenvalue weighted by Gasteiger charge is -2.11. The van der Waals surface area contributed by atoms with E-state index in [2.05, 4.69) is 25.6 Å². The van der Waals surface area contributed by atoms with Gasteiger partial charge in [0, 0.05) is 25.0 Å². The topological polar surface area (TPSA) is 132 Å². The number of nitrogens with one attached hydrogen (secondary N) is 2. The van der Waals surface area contributed by atoms with Gasteiger partial charge in [-0.1, -0.05) is 0 Å². The fourth-order valence-corrected chi connectivity index (χ4v) is 2.66. The van der Waals surface area contributed by atoms with E-state index in [0.717, 1.165) is 15.9 Å². The van der Waals surface area contributed by atoms with Crippen molar-refractivity contribution in [3.05, 3.63) is 35.5 Å². The first-order valence-corrected chi connectivity index (χ1v) is 7.76. The highest BCUT2D eigenvalue weighted by molar-refractivity contribution is 7.16. The molecule has 2 heterocycles. The summed E-state index contributed by atoms with van der Waals surface area (Å²) in [6.07, 6.45) is 1.39. The van der Waals surface area contributed by atoms with Crippen LogP contribution in [0.15, 0.2) is 29.9 Å². The number of primary amides is 1. The Bertz CT molecular complexity index is 848. The largest absolute Gasteiger partial charge is 0.365 e. The smallest absolute Gasteiger partial charge is 0.254 e. The van der Waals surface area contributed by atoms with Crippen LogP contribution >= 0.6 is 11.3 Å². The van der Waals surface area contributed by atoms with E-state index in [1.165, 1.54) is 6.20 Å². The van der Waals surface area contributed by atoms with Crippen molar-refractivity contribution in [1.29, 1.82) is 0 Å². The molecule has 0 saturated carbocycles. The summed E-state index contributed by atoms with van der Waals surface area (Å²) in [5, 5.41) is 6.06. The number of amides is 1. The van der Waals surface area contributed by atoms with Gasteiger partial charge in [-0.05, 0) is 18.2 Å². The number of anilines is 3. The molecule has 23 heavy (non-hydrogen) atoms. The van der Waals surface area contributed by atoms with E-state index in [-0.39, 0.29) is 5.56 Å². The summed E-state index contributed by atoms with van der Waals surface area (Å²) in [4.78, 5) is 24.2. The molecule has 9 heteroatoms. The van der Waals surface area contributed by atoms with Crippen molar-refractivity contribution >= 4 is 44.9 Å². The van der Waals surface area contributed by atoms with Crippen LogP contribution in [0.1, 0.15) is 10.4 Å². The lowest BCUT2D eigenvalue weighted by Crippen LogP contribution is -2.18. The Morgan fingerprint density at radius 1 is 1.30 bits per heavy atom. The number of hydrogen-bond acceptors (Lipinski definition) is 8. The molecule has 1 aromatic carbocycles. The van der Waals surface area contributed by atoms with Gasteiger partial charge in [0.2, 0.25) is 5.95 Å². The van der Waals surface area contributed by atoms with E-state index in [1.807, 2.05) is 18.2 Å². The van der Waals surface area contributed by atoms with Crippen molar-refractivity contribution in [2.75, 3.05) is 23.7 Å². The van der Waals surface area contributed by atoms with Gasteiger partial charge in [0.15, 0.2) is 0 Å². The molecule has 0 fully saturated rings. The molecular weight excluding hydrogens is 314 g/mol. The molecule has 0 spiro atoms. The molecule has 0 radical (unpaired) electrons. The molecular formula is C14H15N7OS. The molecule has 0 aliphatic heterocycles. The van der Waals surface area contributed by atoms with Crippen LogP contribution in [-0.4, -0.2) is 33.9 Å². The van der Waals surface area contributed by atoms with Crippen LogP contribution < -0.4 is 22.1 Å². The number of nitrogens with zero attached hydrogens (tertiary/aromatic N) is 3. The van der Waals surface area contributed by atoms with Crippen molar-refractivity contribution in [3.8, 4) is 0 Å². The molecule has 1 amide bonds. The number of nitrogens with two attached hydrogens (primary N) is 2. The lowest BCUT2D eigenvalue weighted by molar-refractivity contribution is 0.100. The highest BCUT2D eigenvalue weighted by atomic mass is 32.1. The third kappa shape index (κ3) is 3.35. The van der Waals surface area contributed by atoms with Crippen molar-refractivity contribution in [2.24, 2.45) is 11.5 Å². The minimum atomic E-state index is -0.604. The summed E-state index contributed by atoms with van der Waals surface area (Å²) in [7, 11) is 0. The molecule has 0 aliphatic rings. The fraction of sp³-hybridized carbons (Fsp3) is 0.143. The molecule has 0 saturated heterocycles. The minimum Gasteiger partial charge on any atom is -0.365 e. The summed E-state index contributed by atoms with van der Waals surface area (Å²) >= 11 is 1.56. The van der Waals surface area contributed by atoms with E-state index in [9.17, 15) is 4.79 Å². The summed E-state index contributed by atoms with van der Waals surface area (Å²) < 4.78 is 1.08. The molecule has 8 nitrogen and oxygen atoms in total. The first kappa shape index (κ1) is 15.1. The third-order valence-electron chi connectivity index (χ3n) is 3.07. The van der Waals surface area contributed by atoms with Gasteiger partial charge in [-0.2, -0.15) is 4.98 Å². The summed E-state index contributed by atoms with van der Waals surface area (Å²) in [6.45, 7) is 0.977. The molecule has 0 unspecified atom stereocenters. The van der Waals surface area contributed by atoms with E-state index < -0.39 is 5.91 Å². The van der Waals surface area contributed by atoms with Gasteiger partial charge in [0.25, 0.3) is 5.91 Å². The maximum atomic E-state index is 11.6. The second-order valence-corrected chi connectivity index (χ2v) is 5.58. The Balaban J connectivity index is 1.93. The fourth-order valence-electron chi connectivity index (χ4n) is 2.00. The number of carbonyl (C=O) groups excluding carboxylic acids is 1. The van der Waals surface area contributed by atoms with Crippen molar-refractivity contribution < 1.29 is 4.79 Å². The average Bonchev–Trinajstić information content (AvgIpc) is 3.00. The van der Waals surface area contributed by atoms with Crippen molar-refractivity contribution in [3.63, 3.8) is 0 Å². The van der Waals surface area contributed by atoms with Gasteiger partial charge in [-0.15, -0.1) is 11.3 Å². The van der Waals surface area contributed by atoms with Gasteiger partial charge in [-0.25, -0.2) is 9.97 Å². The van der Waals surface area contributed by atoms with Gasteiger partial charge in [0.1, 0.15) is 11.4 Å². The third-order valence-corrected chi connectivity index (χ3v) is 3.88. The van der Waals surface area contributed by atoms with Gasteiger partial charge < -0.3 is 22.1 Å². The van der Waals surface area contributed by atoms with E-state index in [1.54, 1.807) is 16.8 Å². The van der Waals surface area contributed by atoms with Crippen LogP contribution in [-0.2, 0) is 0 Å². The quantitative estimate of drug-likeness (QED) is 0.536. The van der Waals surface area contributed by atoms with Crippen LogP contribution in [0.3, 0.4) is 0 Å². The number of benzene rings is 1. The zero-order valence-electron chi connectivity index (χ0n) is 12.1. The van der Waals surface area contributed by atoms with E-state index in [4.69, 9.17) is 11.5 Å². The van der Waals surface area contributed by atoms with Crippen LogP contribution in [0, 0.1) is 0 Å². The highest BCUT2D eigenvalue weighted by Crippen LogP contribution is 2.25. The number of rotatable bonds is 6. The number of fused-ring (bicyclic) bond motifs is 1. The minimum absolute atomic E-state index is 0.210. The summed E-state index contributed by atoms with van der Waals surface area (Å²) in [5.41, 5.74) is 14.4. The maximum Gasteiger partial charge on any atom is 0.254 e. The Morgan fingerprint density at radius 3 is 2.96 bits per heavy atom. The molecule has 118 valence electrons. The second-order valence-electron chi connectivity index (χ2n) is 4.70. The molecule has 0 atom stereocenters. The SMILES string of the molecule is NCCNc1ncc(C(N)=O)c(Nc2ccc3scnc3c2)n1. The van der Waals surface area contributed by atoms with Gasteiger partial charge in [-0.3, -0.25) is 4.79 Å². The number of hydrogen-bond donors (Lipinski definition) is 4. The summed E-state index contributed by atoms with van der Waals surface area (Å²) in [6, 6.07) is 5.72. The van der Waals surface area contributed by atoms with Crippen LogP contribution in [0.2, 0.25) is 0 Å². The second kappa shape index (κ2) is 6.55. The Morgan fingerprint density at radius 2 is 2.17 bits per heavy atom. The lowest BCUT2D eigenvalue weighted by atomic mass is 10.2. The predicted octanol–water partition coefficient (Wildman–Crippen LogP) is 1.30. The summed E-state index contributed by atoms with van der Waals surface area (Å²) in [5.74, 6) is 0.104. The zero-order chi connectivity index (χ0) is 16.2.